The normalized spacial score (nSPS) is 25.6. The van der Waals surface area contributed by atoms with Crippen molar-refractivity contribution in [2.75, 3.05) is 7.11 Å². The van der Waals surface area contributed by atoms with Crippen LogP contribution < -0.4 is 0 Å². The summed E-state index contributed by atoms with van der Waals surface area (Å²) in [5.41, 5.74) is 1.93. The molecule has 0 fully saturated rings. The second-order valence-electron chi connectivity index (χ2n) is 8.05. The second kappa shape index (κ2) is 6.71. The maximum Gasteiger partial charge on any atom is 0.330 e. The Kier molecular flexibility index (Phi) is 5.85. The molecule has 126 valence electrons. The number of hydrogen-bond acceptors (Lipinski definition) is 3. The molecule has 0 amide bonds. The van der Waals surface area contributed by atoms with Crippen molar-refractivity contribution in [2.24, 2.45) is 0 Å². The first-order valence-corrected chi connectivity index (χ1v) is 11.0. The Bertz CT molecular complexity index is 483. The van der Waals surface area contributed by atoms with E-state index >= 15 is 0 Å². The van der Waals surface area contributed by atoms with Gasteiger partial charge in [0.1, 0.15) is 0 Å². The zero-order valence-electron chi connectivity index (χ0n) is 15.5. The zero-order chi connectivity index (χ0) is 17.2. The van der Waals surface area contributed by atoms with Crippen molar-refractivity contribution in [3.05, 3.63) is 23.3 Å². The molecule has 0 heterocycles. The number of hydrogen-bond donors (Lipinski definition) is 0. The Labute approximate surface area is 136 Å². The summed E-state index contributed by atoms with van der Waals surface area (Å²) in [7, 11) is -0.507. The van der Waals surface area contributed by atoms with Gasteiger partial charge in [0.2, 0.25) is 0 Å². The van der Waals surface area contributed by atoms with Crippen LogP contribution >= 0.6 is 0 Å². The van der Waals surface area contributed by atoms with Crippen LogP contribution in [0.3, 0.4) is 0 Å². The topological polar surface area (TPSA) is 35.5 Å². The lowest BCUT2D eigenvalue weighted by Crippen LogP contribution is -2.49. The molecular weight excluding hydrogens is 292 g/mol. The summed E-state index contributed by atoms with van der Waals surface area (Å²) >= 11 is 0. The van der Waals surface area contributed by atoms with Crippen LogP contribution in [0.25, 0.3) is 0 Å². The van der Waals surface area contributed by atoms with Crippen molar-refractivity contribution in [3.63, 3.8) is 0 Å². The van der Waals surface area contributed by atoms with Crippen LogP contribution in [0.2, 0.25) is 18.1 Å². The fraction of sp³-hybridized carbons (Fsp3) is 0.722. The molecule has 0 spiro atoms. The molecule has 0 aromatic heterocycles. The standard InChI is InChI=1S/C18H32O3Si/c1-14-10-9-11-18(5,15(12-14)13-16(19)20-6)21-22(7,8)17(2,3)4/h10,13H,9,11-12H2,1-8H3/b15-13+. The zero-order valence-corrected chi connectivity index (χ0v) is 16.5. The molecule has 1 atom stereocenters. The maximum atomic E-state index is 11.8. The Morgan fingerprint density at radius 3 is 2.45 bits per heavy atom. The molecule has 0 bridgehead atoms. The Hall–Kier alpha value is -0.873. The van der Waals surface area contributed by atoms with Gasteiger partial charge in [0, 0.05) is 6.08 Å². The van der Waals surface area contributed by atoms with Crippen molar-refractivity contribution in [2.45, 2.75) is 77.6 Å². The Balaban J connectivity index is 3.20. The largest absolute Gasteiger partial charge is 0.466 e. The van der Waals surface area contributed by atoms with Gasteiger partial charge in [0.25, 0.3) is 0 Å². The molecule has 22 heavy (non-hydrogen) atoms. The van der Waals surface area contributed by atoms with Gasteiger partial charge in [-0.25, -0.2) is 4.79 Å². The summed E-state index contributed by atoms with van der Waals surface area (Å²) in [6.45, 7) is 15.5. The summed E-state index contributed by atoms with van der Waals surface area (Å²) in [5, 5.41) is 0.140. The molecule has 0 saturated carbocycles. The first-order chi connectivity index (χ1) is 9.91. The second-order valence-corrected chi connectivity index (χ2v) is 12.8. The average Bonchev–Trinajstić information content (AvgIpc) is 2.47. The smallest absolute Gasteiger partial charge is 0.330 e. The third kappa shape index (κ3) is 4.56. The predicted molar refractivity (Wildman–Crippen MR) is 94.4 cm³/mol. The maximum absolute atomic E-state index is 11.8. The first-order valence-electron chi connectivity index (χ1n) is 8.06. The summed E-state index contributed by atoms with van der Waals surface area (Å²) in [4.78, 5) is 11.8. The van der Waals surface area contributed by atoms with Crippen molar-refractivity contribution in [1.82, 2.24) is 0 Å². The van der Waals surface area contributed by atoms with Crippen molar-refractivity contribution < 1.29 is 14.0 Å². The van der Waals surface area contributed by atoms with Gasteiger partial charge in [-0.1, -0.05) is 32.4 Å². The van der Waals surface area contributed by atoms with Gasteiger partial charge in [-0.3, -0.25) is 0 Å². The highest BCUT2D eigenvalue weighted by Gasteiger charge is 2.44. The monoisotopic (exact) mass is 324 g/mol. The van der Waals surface area contributed by atoms with Gasteiger partial charge >= 0.3 is 5.97 Å². The first kappa shape index (κ1) is 19.2. The van der Waals surface area contributed by atoms with E-state index in [4.69, 9.17) is 9.16 Å². The molecule has 3 nitrogen and oxygen atoms in total. The van der Waals surface area contributed by atoms with Crippen LogP contribution in [-0.2, 0) is 14.0 Å². The van der Waals surface area contributed by atoms with Gasteiger partial charge in [-0.05, 0) is 56.8 Å². The van der Waals surface area contributed by atoms with Crippen molar-refractivity contribution in [3.8, 4) is 0 Å². The van der Waals surface area contributed by atoms with Crippen molar-refractivity contribution in [1.29, 1.82) is 0 Å². The number of ether oxygens (including phenoxy) is 1. The highest BCUT2D eigenvalue weighted by molar-refractivity contribution is 6.74. The number of carbonyl (C=O) groups excluding carboxylic acids is 1. The van der Waals surface area contributed by atoms with Crippen LogP contribution in [-0.4, -0.2) is 27.0 Å². The number of rotatable bonds is 3. The Morgan fingerprint density at radius 2 is 1.95 bits per heavy atom. The summed E-state index contributed by atoms with van der Waals surface area (Å²) < 4.78 is 11.6. The van der Waals surface area contributed by atoms with E-state index in [1.165, 1.54) is 12.7 Å². The summed E-state index contributed by atoms with van der Waals surface area (Å²) in [6.07, 6.45) is 6.55. The molecule has 0 N–H and O–H groups in total. The van der Waals surface area contributed by atoms with Gasteiger partial charge in [0.15, 0.2) is 8.32 Å². The molecule has 0 saturated heterocycles. The third-order valence-electron chi connectivity index (χ3n) is 5.04. The van der Waals surface area contributed by atoms with Gasteiger partial charge in [-0.15, -0.1) is 0 Å². The van der Waals surface area contributed by atoms with E-state index in [0.29, 0.717) is 0 Å². The molecule has 4 heteroatoms. The molecule has 0 radical (unpaired) electrons. The van der Waals surface area contributed by atoms with E-state index < -0.39 is 13.9 Å². The molecule has 1 aliphatic carbocycles. The summed E-state index contributed by atoms with van der Waals surface area (Å²) in [5.74, 6) is -0.297. The lowest BCUT2D eigenvalue weighted by Gasteiger charge is -2.45. The van der Waals surface area contributed by atoms with E-state index in [9.17, 15) is 4.79 Å². The van der Waals surface area contributed by atoms with E-state index in [0.717, 1.165) is 24.8 Å². The van der Waals surface area contributed by atoms with Crippen LogP contribution in [0.5, 0.6) is 0 Å². The van der Waals surface area contributed by atoms with Gasteiger partial charge < -0.3 is 9.16 Å². The van der Waals surface area contributed by atoms with E-state index in [2.05, 4.69) is 53.8 Å². The Morgan fingerprint density at radius 1 is 1.36 bits per heavy atom. The minimum Gasteiger partial charge on any atom is -0.466 e. The van der Waals surface area contributed by atoms with Crippen LogP contribution in [0, 0.1) is 0 Å². The molecule has 0 aliphatic heterocycles. The fourth-order valence-electron chi connectivity index (χ4n) is 2.55. The number of methoxy groups -OCH3 is 1. The third-order valence-corrected chi connectivity index (χ3v) is 9.62. The van der Waals surface area contributed by atoms with Gasteiger partial charge in [-0.2, -0.15) is 0 Å². The lowest BCUT2D eigenvalue weighted by molar-refractivity contribution is -0.135. The van der Waals surface area contributed by atoms with Gasteiger partial charge in [0.05, 0.1) is 12.7 Å². The quantitative estimate of drug-likeness (QED) is 0.317. The van der Waals surface area contributed by atoms with E-state index in [1.54, 1.807) is 6.08 Å². The van der Waals surface area contributed by atoms with E-state index in [-0.39, 0.29) is 11.0 Å². The minimum absolute atomic E-state index is 0.140. The van der Waals surface area contributed by atoms with Crippen LogP contribution in [0.1, 0.15) is 53.9 Å². The molecule has 1 rings (SSSR count). The summed E-state index contributed by atoms with van der Waals surface area (Å²) in [6, 6.07) is 0. The molecule has 0 aromatic carbocycles. The molecule has 1 aliphatic rings. The average molecular weight is 325 g/mol. The minimum atomic E-state index is -1.93. The molecule has 1 unspecified atom stereocenters. The molecule has 0 aromatic rings. The number of carbonyl (C=O) groups is 1. The number of esters is 1. The highest BCUT2D eigenvalue weighted by atomic mass is 28.4. The predicted octanol–water partition coefficient (Wildman–Crippen LogP) is 5.00. The lowest BCUT2D eigenvalue weighted by atomic mass is 9.89. The molecular formula is C18H32O3Si. The fourth-order valence-corrected chi connectivity index (χ4v) is 4.22. The van der Waals surface area contributed by atoms with Crippen molar-refractivity contribution >= 4 is 14.3 Å². The van der Waals surface area contributed by atoms with Crippen LogP contribution in [0.4, 0.5) is 0 Å². The number of allylic oxidation sites excluding steroid dienone is 2. The van der Waals surface area contributed by atoms with Crippen LogP contribution in [0.15, 0.2) is 23.3 Å². The van der Waals surface area contributed by atoms with E-state index in [1.807, 2.05) is 0 Å². The highest BCUT2D eigenvalue weighted by Crippen LogP contribution is 2.44. The SMILES string of the molecule is COC(=O)/C=C1\CC(C)=CCCC1(C)O[Si](C)(C)C(C)(C)C.